The molecule has 1 amide bonds. The van der Waals surface area contributed by atoms with Crippen molar-refractivity contribution in [3.63, 3.8) is 0 Å². The molecule has 2 N–H and O–H groups in total. The van der Waals surface area contributed by atoms with E-state index in [1.165, 1.54) is 18.6 Å². The molecule has 7 heteroatoms. The van der Waals surface area contributed by atoms with Gasteiger partial charge in [-0.3, -0.25) is 4.79 Å². The van der Waals surface area contributed by atoms with Crippen LogP contribution in [0.3, 0.4) is 0 Å². The highest BCUT2D eigenvalue weighted by Gasteiger charge is 2.23. The average molecular weight is 381 g/mol. The van der Waals surface area contributed by atoms with Crippen LogP contribution >= 0.6 is 0 Å². The van der Waals surface area contributed by atoms with E-state index in [9.17, 15) is 13.2 Å². The number of rotatable bonds is 7. The van der Waals surface area contributed by atoms with Crippen LogP contribution in [0.5, 0.6) is 5.75 Å². The van der Waals surface area contributed by atoms with Gasteiger partial charge >= 0.3 is 0 Å². The van der Waals surface area contributed by atoms with Gasteiger partial charge in [0.2, 0.25) is 10.0 Å². The summed E-state index contributed by atoms with van der Waals surface area (Å²) in [4.78, 5) is 12.2. The second kappa shape index (κ2) is 8.86. The highest BCUT2D eigenvalue weighted by molar-refractivity contribution is 7.89. The van der Waals surface area contributed by atoms with Gasteiger partial charge in [0, 0.05) is 12.1 Å². The normalized spacial score (nSPS) is 19.4. The Kier molecular flexibility index (Phi) is 6.53. The number of ether oxygens (including phenoxy) is 1. The van der Waals surface area contributed by atoms with Crippen LogP contribution < -0.4 is 14.8 Å². The van der Waals surface area contributed by atoms with Crippen molar-refractivity contribution in [3.05, 3.63) is 24.3 Å². The smallest absolute Gasteiger partial charge is 0.258 e. The van der Waals surface area contributed by atoms with E-state index in [-0.39, 0.29) is 29.5 Å². The number of benzene rings is 1. The Morgan fingerprint density at radius 3 is 2.15 bits per heavy atom. The van der Waals surface area contributed by atoms with E-state index >= 15 is 0 Å². The third-order valence-electron chi connectivity index (χ3n) is 5.15. The first-order chi connectivity index (χ1) is 12.5. The maximum atomic E-state index is 12.4. The molecule has 0 unspecified atom stereocenters. The number of amides is 1. The first kappa shape index (κ1) is 19.2. The molecule has 2 aliphatic rings. The van der Waals surface area contributed by atoms with Gasteiger partial charge in [-0.25, -0.2) is 13.1 Å². The van der Waals surface area contributed by atoms with E-state index in [0.29, 0.717) is 5.75 Å². The lowest BCUT2D eigenvalue weighted by atomic mass is 9.95. The van der Waals surface area contributed by atoms with Gasteiger partial charge in [0.25, 0.3) is 5.91 Å². The molecule has 144 valence electrons. The van der Waals surface area contributed by atoms with Crippen LogP contribution in [-0.2, 0) is 14.8 Å². The zero-order chi connectivity index (χ0) is 18.4. The van der Waals surface area contributed by atoms with Crippen LogP contribution in [0, 0.1) is 0 Å². The number of carbonyl (C=O) groups excluding carboxylic acids is 1. The van der Waals surface area contributed by atoms with Crippen LogP contribution in [0.4, 0.5) is 0 Å². The molecule has 0 bridgehead atoms. The van der Waals surface area contributed by atoms with Crippen molar-refractivity contribution < 1.29 is 17.9 Å². The minimum absolute atomic E-state index is 0.0411. The fourth-order valence-corrected chi connectivity index (χ4v) is 5.02. The summed E-state index contributed by atoms with van der Waals surface area (Å²) in [7, 11) is -3.50. The van der Waals surface area contributed by atoms with Crippen molar-refractivity contribution in [2.24, 2.45) is 0 Å². The van der Waals surface area contributed by atoms with Gasteiger partial charge in [0.15, 0.2) is 6.61 Å². The number of hydrogen-bond acceptors (Lipinski definition) is 4. The molecule has 2 saturated carbocycles. The van der Waals surface area contributed by atoms with E-state index in [2.05, 4.69) is 10.0 Å². The summed E-state index contributed by atoms with van der Waals surface area (Å²) >= 11 is 0. The first-order valence-electron chi connectivity index (χ1n) is 9.57. The highest BCUT2D eigenvalue weighted by atomic mass is 32.2. The van der Waals surface area contributed by atoms with Gasteiger partial charge in [-0.15, -0.1) is 0 Å². The molecule has 1 aromatic carbocycles. The van der Waals surface area contributed by atoms with Crippen LogP contribution in [-0.4, -0.2) is 33.0 Å². The maximum absolute atomic E-state index is 12.4. The summed E-state index contributed by atoms with van der Waals surface area (Å²) in [5.41, 5.74) is 0. The Bertz CT molecular complexity index is 691. The van der Waals surface area contributed by atoms with E-state index < -0.39 is 10.0 Å². The largest absolute Gasteiger partial charge is 0.484 e. The minimum atomic E-state index is -3.50. The van der Waals surface area contributed by atoms with Crippen molar-refractivity contribution in [2.75, 3.05) is 6.61 Å². The Labute approximate surface area is 155 Å². The molecule has 0 aliphatic heterocycles. The molecular formula is C19H28N2O4S. The monoisotopic (exact) mass is 380 g/mol. The molecule has 0 aromatic heterocycles. The van der Waals surface area contributed by atoms with E-state index in [1.54, 1.807) is 12.1 Å². The molecule has 1 aromatic rings. The SMILES string of the molecule is O=C(COc1ccc(S(=O)(=O)NC2CCCC2)cc1)NC1CCCCC1. The summed E-state index contributed by atoms with van der Waals surface area (Å²) in [6.07, 6.45) is 9.58. The van der Waals surface area contributed by atoms with Gasteiger partial charge < -0.3 is 10.1 Å². The first-order valence-corrected chi connectivity index (χ1v) is 11.1. The molecule has 26 heavy (non-hydrogen) atoms. The van der Waals surface area contributed by atoms with Crippen LogP contribution in [0.25, 0.3) is 0 Å². The third-order valence-corrected chi connectivity index (χ3v) is 6.69. The zero-order valence-corrected chi connectivity index (χ0v) is 15.9. The molecule has 0 atom stereocenters. The number of carbonyl (C=O) groups is 1. The summed E-state index contributed by atoms with van der Waals surface area (Å²) in [6.45, 7) is -0.0527. The van der Waals surface area contributed by atoms with Crippen molar-refractivity contribution >= 4 is 15.9 Å². The Balaban J connectivity index is 1.48. The second-order valence-electron chi connectivity index (χ2n) is 7.27. The molecule has 0 heterocycles. The van der Waals surface area contributed by atoms with Crippen LogP contribution in [0.2, 0.25) is 0 Å². The Hall–Kier alpha value is -1.60. The quantitative estimate of drug-likeness (QED) is 0.762. The zero-order valence-electron chi connectivity index (χ0n) is 15.1. The predicted octanol–water partition coefficient (Wildman–Crippen LogP) is 2.74. The lowest BCUT2D eigenvalue weighted by Gasteiger charge is -2.22. The molecule has 0 saturated heterocycles. The fraction of sp³-hybridized carbons (Fsp3) is 0.632. The average Bonchev–Trinajstić information content (AvgIpc) is 3.13. The lowest BCUT2D eigenvalue weighted by Crippen LogP contribution is -2.38. The summed E-state index contributed by atoms with van der Waals surface area (Å²) in [6, 6.07) is 6.53. The molecule has 6 nitrogen and oxygen atoms in total. The second-order valence-corrected chi connectivity index (χ2v) is 8.98. The molecule has 2 aliphatic carbocycles. The summed E-state index contributed by atoms with van der Waals surface area (Å²) in [5, 5.41) is 3.00. The minimum Gasteiger partial charge on any atom is -0.484 e. The molecule has 0 radical (unpaired) electrons. The Morgan fingerprint density at radius 2 is 1.50 bits per heavy atom. The van der Waals surface area contributed by atoms with Crippen LogP contribution in [0.1, 0.15) is 57.8 Å². The van der Waals surface area contributed by atoms with E-state index in [1.807, 2.05) is 0 Å². The molecule has 3 rings (SSSR count). The van der Waals surface area contributed by atoms with Gasteiger partial charge in [-0.1, -0.05) is 32.1 Å². The number of sulfonamides is 1. The maximum Gasteiger partial charge on any atom is 0.258 e. The van der Waals surface area contributed by atoms with Crippen LogP contribution in [0.15, 0.2) is 29.2 Å². The number of hydrogen-bond donors (Lipinski definition) is 2. The van der Waals surface area contributed by atoms with Crippen molar-refractivity contribution in [1.82, 2.24) is 10.0 Å². The van der Waals surface area contributed by atoms with Gasteiger partial charge in [0.1, 0.15) is 5.75 Å². The predicted molar refractivity (Wildman–Crippen MR) is 99.5 cm³/mol. The molecule has 2 fully saturated rings. The van der Waals surface area contributed by atoms with Crippen molar-refractivity contribution in [2.45, 2.75) is 74.8 Å². The molecule has 0 spiro atoms. The van der Waals surface area contributed by atoms with Gasteiger partial charge in [0.05, 0.1) is 4.90 Å². The van der Waals surface area contributed by atoms with Gasteiger partial charge in [-0.05, 0) is 49.9 Å². The topological polar surface area (TPSA) is 84.5 Å². The van der Waals surface area contributed by atoms with Crippen molar-refractivity contribution in [1.29, 1.82) is 0 Å². The van der Waals surface area contributed by atoms with Crippen molar-refractivity contribution in [3.8, 4) is 5.75 Å². The lowest BCUT2D eigenvalue weighted by molar-refractivity contribution is -0.124. The number of nitrogens with one attached hydrogen (secondary N) is 2. The fourth-order valence-electron chi connectivity index (χ4n) is 3.71. The van der Waals surface area contributed by atoms with E-state index in [4.69, 9.17) is 4.74 Å². The standard InChI is InChI=1S/C19H28N2O4S/c22-19(20-15-6-2-1-3-7-15)14-25-17-10-12-18(13-11-17)26(23,24)21-16-8-4-5-9-16/h10-13,15-16,21H,1-9,14H2,(H,20,22). The summed E-state index contributed by atoms with van der Waals surface area (Å²) < 4.78 is 33.0. The van der Waals surface area contributed by atoms with E-state index in [0.717, 1.165) is 51.4 Å². The molecular weight excluding hydrogens is 352 g/mol. The summed E-state index contributed by atoms with van der Waals surface area (Å²) in [5.74, 6) is 0.361. The Morgan fingerprint density at radius 1 is 0.923 bits per heavy atom. The third kappa shape index (κ3) is 5.45. The highest BCUT2D eigenvalue weighted by Crippen LogP contribution is 2.22. The van der Waals surface area contributed by atoms with Gasteiger partial charge in [-0.2, -0.15) is 0 Å².